The van der Waals surface area contributed by atoms with E-state index in [2.05, 4.69) is 41.2 Å². The number of nitrogens with zero attached hydrogens (tertiary/aromatic N) is 3. The highest BCUT2D eigenvalue weighted by atomic mass is 16.5. The minimum Gasteiger partial charge on any atom is -0.444 e. The van der Waals surface area contributed by atoms with Gasteiger partial charge in [0.05, 0.1) is 25.5 Å². The molecule has 1 aromatic carbocycles. The zero-order chi connectivity index (χ0) is 21.2. The Morgan fingerprint density at radius 3 is 2.90 bits per heavy atom. The number of likely N-dealkylation sites (tertiary alicyclic amines) is 1. The number of hydrogen-bond acceptors (Lipinski definition) is 5. The lowest BCUT2D eigenvalue weighted by Crippen LogP contribution is -2.40. The van der Waals surface area contributed by atoms with Crippen molar-refractivity contribution in [3.63, 3.8) is 0 Å². The third-order valence-corrected chi connectivity index (χ3v) is 5.19. The Morgan fingerprint density at radius 1 is 1.30 bits per heavy atom. The number of oxazole rings is 1. The Hall–Kier alpha value is -2.38. The quantitative estimate of drug-likeness (QED) is 0.366. The summed E-state index contributed by atoms with van der Waals surface area (Å²) in [7, 11) is 1.70. The van der Waals surface area contributed by atoms with E-state index in [1.807, 2.05) is 12.1 Å². The van der Waals surface area contributed by atoms with Crippen molar-refractivity contribution >= 4 is 5.96 Å². The molecule has 0 spiro atoms. The molecule has 2 heterocycles. The van der Waals surface area contributed by atoms with Gasteiger partial charge in [-0.05, 0) is 32.4 Å². The Labute approximate surface area is 179 Å². The number of benzene rings is 1. The molecule has 7 heteroatoms. The van der Waals surface area contributed by atoms with E-state index in [0.717, 1.165) is 56.3 Å². The van der Waals surface area contributed by atoms with Gasteiger partial charge in [0.2, 0.25) is 5.89 Å². The molecule has 0 aliphatic carbocycles. The number of aliphatic imine (C=N–C) groups is 1. The highest BCUT2D eigenvalue weighted by Gasteiger charge is 2.24. The Kier molecular flexibility index (Phi) is 8.71. The van der Waals surface area contributed by atoms with Gasteiger partial charge in [0.1, 0.15) is 6.26 Å². The summed E-state index contributed by atoms with van der Waals surface area (Å²) in [6.45, 7) is 9.76. The predicted octanol–water partition coefficient (Wildman–Crippen LogP) is 3.14. The molecule has 0 saturated carbocycles. The molecule has 0 amide bonds. The number of methoxy groups -OCH3 is 1. The van der Waals surface area contributed by atoms with E-state index in [1.54, 1.807) is 13.4 Å². The van der Waals surface area contributed by atoms with Gasteiger partial charge in [-0.15, -0.1) is 0 Å². The molecule has 1 aromatic heterocycles. The van der Waals surface area contributed by atoms with Gasteiger partial charge in [0, 0.05) is 51.2 Å². The van der Waals surface area contributed by atoms with Crippen LogP contribution in [-0.4, -0.2) is 69.0 Å². The summed E-state index contributed by atoms with van der Waals surface area (Å²) in [6.07, 6.45) is 3.61. The van der Waals surface area contributed by atoms with Crippen molar-refractivity contribution in [2.45, 2.75) is 26.7 Å². The third-order valence-electron chi connectivity index (χ3n) is 5.19. The maximum atomic E-state index is 5.70. The van der Waals surface area contributed by atoms with Crippen molar-refractivity contribution in [2.75, 3.05) is 53.1 Å². The second kappa shape index (κ2) is 11.7. The van der Waals surface area contributed by atoms with Gasteiger partial charge in [-0.1, -0.05) is 17.7 Å². The average Bonchev–Trinajstić information content (AvgIpc) is 3.41. The van der Waals surface area contributed by atoms with E-state index in [0.29, 0.717) is 31.6 Å². The smallest absolute Gasteiger partial charge is 0.226 e. The van der Waals surface area contributed by atoms with E-state index < -0.39 is 0 Å². The monoisotopic (exact) mass is 414 g/mol. The molecular formula is C23H34N4O3. The van der Waals surface area contributed by atoms with Crippen LogP contribution in [0, 0.1) is 12.8 Å². The van der Waals surface area contributed by atoms with Crippen LogP contribution >= 0.6 is 0 Å². The molecule has 30 heavy (non-hydrogen) atoms. The molecule has 1 aliphatic heterocycles. The summed E-state index contributed by atoms with van der Waals surface area (Å²) >= 11 is 0. The first-order valence-corrected chi connectivity index (χ1v) is 10.8. The Balaban J connectivity index is 1.50. The van der Waals surface area contributed by atoms with Crippen molar-refractivity contribution in [3.8, 4) is 11.5 Å². The molecule has 7 nitrogen and oxygen atoms in total. The number of aryl methyl sites for hydroxylation is 1. The molecule has 1 fully saturated rings. The van der Waals surface area contributed by atoms with Crippen LogP contribution in [0.3, 0.4) is 0 Å². The van der Waals surface area contributed by atoms with E-state index >= 15 is 0 Å². The van der Waals surface area contributed by atoms with Gasteiger partial charge in [0.25, 0.3) is 0 Å². The fourth-order valence-corrected chi connectivity index (χ4v) is 3.51. The van der Waals surface area contributed by atoms with Crippen molar-refractivity contribution in [1.29, 1.82) is 0 Å². The van der Waals surface area contributed by atoms with Gasteiger partial charge < -0.3 is 24.1 Å². The van der Waals surface area contributed by atoms with Crippen LogP contribution in [0.5, 0.6) is 0 Å². The molecule has 3 rings (SSSR count). The minimum absolute atomic E-state index is 0.540. The van der Waals surface area contributed by atoms with Crippen LogP contribution < -0.4 is 5.32 Å². The topological polar surface area (TPSA) is 72.1 Å². The van der Waals surface area contributed by atoms with E-state index in [-0.39, 0.29) is 0 Å². The lowest BCUT2D eigenvalue weighted by atomic mass is 10.1. The highest BCUT2D eigenvalue weighted by Crippen LogP contribution is 2.20. The number of nitrogens with one attached hydrogen (secondary N) is 1. The summed E-state index contributed by atoms with van der Waals surface area (Å²) in [4.78, 5) is 11.8. The summed E-state index contributed by atoms with van der Waals surface area (Å²) in [5.74, 6) is 2.18. The second-order valence-electron chi connectivity index (χ2n) is 7.66. The molecule has 0 radical (unpaired) electrons. The molecular weight excluding hydrogens is 380 g/mol. The van der Waals surface area contributed by atoms with Crippen LogP contribution in [0.2, 0.25) is 0 Å². The Morgan fingerprint density at radius 2 is 2.13 bits per heavy atom. The maximum absolute atomic E-state index is 5.70. The fourth-order valence-electron chi connectivity index (χ4n) is 3.51. The van der Waals surface area contributed by atoms with Crippen LogP contribution in [0.15, 0.2) is 39.9 Å². The molecule has 2 aromatic rings. The lowest BCUT2D eigenvalue weighted by Gasteiger charge is -2.21. The van der Waals surface area contributed by atoms with E-state index in [1.165, 1.54) is 5.56 Å². The van der Waals surface area contributed by atoms with Crippen LogP contribution in [0.1, 0.15) is 24.6 Å². The fraction of sp³-hybridized carbons (Fsp3) is 0.565. The van der Waals surface area contributed by atoms with Crippen molar-refractivity contribution in [3.05, 3.63) is 41.8 Å². The summed E-state index contributed by atoms with van der Waals surface area (Å²) in [5.41, 5.74) is 3.15. The maximum Gasteiger partial charge on any atom is 0.226 e. The number of aromatic nitrogens is 1. The molecule has 1 saturated heterocycles. The SMILES string of the molecule is CCNC(=NCCc1coc(-c2ccc(C)cc2)n1)N1CCC(COCCOC)C1. The highest BCUT2D eigenvalue weighted by molar-refractivity contribution is 5.80. The first-order valence-electron chi connectivity index (χ1n) is 10.8. The molecule has 1 unspecified atom stereocenters. The molecule has 1 aliphatic rings. The standard InChI is InChI=1S/C23H34N4O3/c1-4-24-23(27-12-10-19(15-27)16-29-14-13-28-3)25-11-9-21-17-30-22(26-21)20-7-5-18(2)6-8-20/h5-8,17,19H,4,9-16H2,1-3H3,(H,24,25). The normalized spacial score (nSPS) is 17.0. The van der Waals surface area contributed by atoms with Gasteiger partial charge >= 0.3 is 0 Å². The van der Waals surface area contributed by atoms with Crippen molar-refractivity contribution < 1.29 is 13.9 Å². The largest absolute Gasteiger partial charge is 0.444 e. The summed E-state index contributed by atoms with van der Waals surface area (Å²) in [5, 5.41) is 3.42. The van der Waals surface area contributed by atoms with Crippen LogP contribution in [-0.2, 0) is 15.9 Å². The van der Waals surface area contributed by atoms with Crippen LogP contribution in [0.25, 0.3) is 11.5 Å². The predicted molar refractivity (Wildman–Crippen MR) is 119 cm³/mol. The molecule has 0 bridgehead atoms. The molecule has 1 atom stereocenters. The minimum atomic E-state index is 0.540. The van der Waals surface area contributed by atoms with Crippen LogP contribution in [0.4, 0.5) is 0 Å². The van der Waals surface area contributed by atoms with Crippen molar-refractivity contribution in [2.24, 2.45) is 10.9 Å². The van der Waals surface area contributed by atoms with Gasteiger partial charge in [-0.3, -0.25) is 4.99 Å². The van der Waals surface area contributed by atoms with E-state index in [9.17, 15) is 0 Å². The number of ether oxygens (including phenoxy) is 2. The zero-order valence-corrected chi connectivity index (χ0v) is 18.4. The first-order chi connectivity index (χ1) is 14.7. The average molecular weight is 415 g/mol. The third kappa shape index (κ3) is 6.57. The molecule has 164 valence electrons. The van der Waals surface area contributed by atoms with Gasteiger partial charge in [-0.2, -0.15) is 0 Å². The number of hydrogen-bond donors (Lipinski definition) is 1. The zero-order valence-electron chi connectivity index (χ0n) is 18.4. The first kappa shape index (κ1) is 22.3. The summed E-state index contributed by atoms with van der Waals surface area (Å²) < 4.78 is 16.4. The van der Waals surface area contributed by atoms with Gasteiger partial charge in [-0.25, -0.2) is 4.98 Å². The number of rotatable bonds is 10. The van der Waals surface area contributed by atoms with E-state index in [4.69, 9.17) is 18.9 Å². The van der Waals surface area contributed by atoms with Gasteiger partial charge in [0.15, 0.2) is 5.96 Å². The Bertz CT molecular complexity index is 788. The number of guanidine groups is 1. The van der Waals surface area contributed by atoms with Crippen molar-refractivity contribution in [1.82, 2.24) is 15.2 Å². The second-order valence-corrected chi connectivity index (χ2v) is 7.66. The lowest BCUT2D eigenvalue weighted by molar-refractivity contribution is 0.0536. The summed E-state index contributed by atoms with van der Waals surface area (Å²) in [6, 6.07) is 8.21. The molecule has 1 N–H and O–H groups in total.